The van der Waals surface area contributed by atoms with Crippen LogP contribution in [0.4, 0.5) is 0 Å². The number of nitrogens with zero attached hydrogens (tertiary/aromatic N) is 1. The van der Waals surface area contributed by atoms with Crippen LogP contribution in [-0.2, 0) is 27.3 Å². The molecule has 3 rings (SSSR count). The van der Waals surface area contributed by atoms with Gasteiger partial charge < -0.3 is 14.4 Å². The van der Waals surface area contributed by atoms with Gasteiger partial charge in [0, 0.05) is 13.0 Å². The smallest absolute Gasteiger partial charge is 0.333 e. The van der Waals surface area contributed by atoms with Crippen molar-refractivity contribution in [2.24, 2.45) is 0 Å². The molecule has 5 heteroatoms. The average molecular weight is 381 g/mol. The van der Waals surface area contributed by atoms with Gasteiger partial charge >= 0.3 is 5.97 Å². The Morgan fingerprint density at radius 2 is 1.68 bits per heavy atom. The van der Waals surface area contributed by atoms with Gasteiger partial charge in [-0.1, -0.05) is 42.5 Å². The molecule has 1 atom stereocenters. The molecule has 148 valence electrons. The number of β-lactam (4-membered cyclic amide) rings is 1. The summed E-state index contributed by atoms with van der Waals surface area (Å²) in [5, 5.41) is 0. The molecule has 1 aliphatic heterocycles. The second-order valence-corrected chi connectivity index (χ2v) is 8.20. The van der Waals surface area contributed by atoms with E-state index in [0.717, 1.165) is 16.9 Å². The van der Waals surface area contributed by atoms with Crippen molar-refractivity contribution in [1.29, 1.82) is 0 Å². The summed E-state index contributed by atoms with van der Waals surface area (Å²) in [6.45, 7) is 5.88. The number of methoxy groups -OCH3 is 1. The molecule has 1 heterocycles. The summed E-state index contributed by atoms with van der Waals surface area (Å²) in [6.07, 6.45) is 0.595. The van der Waals surface area contributed by atoms with Crippen molar-refractivity contribution in [3.8, 4) is 5.75 Å². The number of rotatable bonds is 6. The summed E-state index contributed by atoms with van der Waals surface area (Å²) >= 11 is 0. The van der Waals surface area contributed by atoms with Crippen LogP contribution in [0.1, 0.15) is 38.3 Å². The van der Waals surface area contributed by atoms with E-state index in [0.29, 0.717) is 13.0 Å². The first-order chi connectivity index (χ1) is 13.2. The minimum absolute atomic E-state index is 0.0439. The van der Waals surface area contributed by atoms with Crippen LogP contribution in [0.5, 0.6) is 5.75 Å². The van der Waals surface area contributed by atoms with Crippen molar-refractivity contribution in [2.75, 3.05) is 7.11 Å². The molecule has 1 amide bonds. The summed E-state index contributed by atoms with van der Waals surface area (Å²) in [6, 6.07) is 17.3. The van der Waals surface area contributed by atoms with Gasteiger partial charge in [0.15, 0.2) is 5.54 Å². The van der Waals surface area contributed by atoms with Gasteiger partial charge in [0.1, 0.15) is 11.4 Å². The minimum Gasteiger partial charge on any atom is -0.497 e. The Morgan fingerprint density at radius 3 is 2.21 bits per heavy atom. The van der Waals surface area contributed by atoms with Crippen LogP contribution in [-0.4, -0.2) is 35.0 Å². The number of carbonyl (C=O) groups is 2. The van der Waals surface area contributed by atoms with E-state index in [9.17, 15) is 9.59 Å². The molecule has 28 heavy (non-hydrogen) atoms. The number of carbonyl (C=O) groups excluding carboxylic acids is 2. The van der Waals surface area contributed by atoms with Crippen LogP contribution >= 0.6 is 0 Å². The molecule has 0 N–H and O–H groups in total. The van der Waals surface area contributed by atoms with Crippen LogP contribution in [0, 0.1) is 0 Å². The van der Waals surface area contributed by atoms with Gasteiger partial charge in [0.05, 0.1) is 13.5 Å². The predicted molar refractivity (Wildman–Crippen MR) is 107 cm³/mol. The molecule has 1 unspecified atom stereocenters. The van der Waals surface area contributed by atoms with Gasteiger partial charge in [-0.2, -0.15) is 0 Å². The van der Waals surface area contributed by atoms with Crippen LogP contribution in [0.25, 0.3) is 0 Å². The monoisotopic (exact) mass is 381 g/mol. The van der Waals surface area contributed by atoms with E-state index in [4.69, 9.17) is 9.47 Å². The highest BCUT2D eigenvalue weighted by Gasteiger charge is 2.58. The highest BCUT2D eigenvalue weighted by atomic mass is 16.6. The van der Waals surface area contributed by atoms with Gasteiger partial charge in [-0.05, 0) is 44.0 Å². The zero-order chi connectivity index (χ0) is 20.4. The molecule has 2 aromatic rings. The summed E-state index contributed by atoms with van der Waals surface area (Å²) in [7, 11) is 1.61. The Labute approximate surface area is 166 Å². The van der Waals surface area contributed by atoms with Crippen molar-refractivity contribution in [2.45, 2.75) is 51.3 Å². The molecule has 0 spiro atoms. The number of esters is 1. The lowest BCUT2D eigenvalue weighted by Gasteiger charge is -2.50. The zero-order valence-electron chi connectivity index (χ0n) is 16.9. The molecular formula is C23H27NO4. The van der Waals surface area contributed by atoms with Crippen molar-refractivity contribution in [1.82, 2.24) is 4.90 Å². The lowest BCUT2D eigenvalue weighted by atomic mass is 9.78. The third-order valence-electron chi connectivity index (χ3n) is 4.88. The first-order valence-corrected chi connectivity index (χ1v) is 9.44. The van der Waals surface area contributed by atoms with E-state index in [-0.39, 0.29) is 18.3 Å². The third kappa shape index (κ3) is 4.19. The fraction of sp³-hybridized carbons (Fsp3) is 0.391. The van der Waals surface area contributed by atoms with Crippen molar-refractivity contribution >= 4 is 11.9 Å². The van der Waals surface area contributed by atoms with Crippen LogP contribution < -0.4 is 4.74 Å². The molecule has 0 radical (unpaired) electrons. The second-order valence-electron chi connectivity index (χ2n) is 8.20. The standard InChI is InChI=1S/C23H27NO4/c1-22(2,3)28-21(26)23(14-17-8-6-5-7-9-17)15-20(25)24(23)16-18-10-12-19(27-4)13-11-18/h5-13H,14-16H2,1-4H3. The van der Waals surface area contributed by atoms with Crippen molar-refractivity contribution in [3.63, 3.8) is 0 Å². The topological polar surface area (TPSA) is 55.8 Å². The average Bonchev–Trinajstić information content (AvgIpc) is 2.65. The highest BCUT2D eigenvalue weighted by molar-refractivity contribution is 5.99. The molecule has 2 aromatic carbocycles. The largest absolute Gasteiger partial charge is 0.497 e. The maximum absolute atomic E-state index is 13.2. The minimum atomic E-state index is -0.981. The fourth-order valence-corrected chi connectivity index (χ4v) is 3.46. The summed E-state index contributed by atoms with van der Waals surface area (Å²) in [5.41, 5.74) is 0.340. The first-order valence-electron chi connectivity index (χ1n) is 9.44. The zero-order valence-corrected chi connectivity index (χ0v) is 16.9. The molecule has 1 saturated heterocycles. The van der Waals surface area contributed by atoms with Gasteiger partial charge in [0.25, 0.3) is 0 Å². The molecule has 0 aliphatic carbocycles. The maximum atomic E-state index is 13.2. The van der Waals surface area contributed by atoms with Crippen LogP contribution in [0.15, 0.2) is 54.6 Å². The number of likely N-dealkylation sites (tertiary alicyclic amines) is 1. The Bertz CT molecular complexity index is 839. The lowest BCUT2D eigenvalue weighted by Crippen LogP contribution is -2.69. The van der Waals surface area contributed by atoms with E-state index in [1.807, 2.05) is 75.4 Å². The molecular weight excluding hydrogens is 354 g/mol. The van der Waals surface area contributed by atoms with E-state index in [1.165, 1.54) is 0 Å². The quantitative estimate of drug-likeness (QED) is 0.565. The molecule has 0 aromatic heterocycles. The van der Waals surface area contributed by atoms with E-state index in [2.05, 4.69) is 0 Å². The van der Waals surface area contributed by atoms with Gasteiger partial charge in [-0.25, -0.2) is 4.79 Å². The summed E-state index contributed by atoms with van der Waals surface area (Å²) in [5.74, 6) is 0.357. The first kappa shape index (κ1) is 19.9. The predicted octanol–water partition coefficient (Wildman–Crippen LogP) is 3.75. The van der Waals surface area contributed by atoms with Gasteiger partial charge in [0.2, 0.25) is 5.91 Å². The van der Waals surface area contributed by atoms with Gasteiger partial charge in [-0.3, -0.25) is 4.79 Å². The van der Waals surface area contributed by atoms with Crippen LogP contribution in [0.3, 0.4) is 0 Å². The Balaban J connectivity index is 1.90. The number of amides is 1. The van der Waals surface area contributed by atoms with Crippen molar-refractivity contribution in [3.05, 3.63) is 65.7 Å². The number of ether oxygens (including phenoxy) is 2. The highest BCUT2D eigenvalue weighted by Crippen LogP contribution is 2.39. The Morgan fingerprint density at radius 1 is 1.04 bits per heavy atom. The number of hydrogen-bond donors (Lipinski definition) is 0. The van der Waals surface area contributed by atoms with Crippen molar-refractivity contribution < 1.29 is 19.1 Å². The SMILES string of the molecule is COc1ccc(CN2C(=O)CC2(Cc2ccccc2)C(=O)OC(C)(C)C)cc1. The molecule has 0 saturated carbocycles. The molecule has 1 aliphatic rings. The van der Waals surface area contributed by atoms with E-state index in [1.54, 1.807) is 12.0 Å². The van der Waals surface area contributed by atoms with Crippen LogP contribution in [0.2, 0.25) is 0 Å². The normalized spacial score (nSPS) is 19.1. The fourth-order valence-electron chi connectivity index (χ4n) is 3.46. The summed E-state index contributed by atoms with van der Waals surface area (Å²) in [4.78, 5) is 27.4. The Kier molecular flexibility index (Phi) is 5.45. The molecule has 5 nitrogen and oxygen atoms in total. The number of benzene rings is 2. The van der Waals surface area contributed by atoms with E-state index >= 15 is 0 Å². The maximum Gasteiger partial charge on any atom is 0.333 e. The van der Waals surface area contributed by atoms with E-state index < -0.39 is 11.1 Å². The van der Waals surface area contributed by atoms with Gasteiger partial charge in [-0.15, -0.1) is 0 Å². The second kappa shape index (κ2) is 7.66. The number of hydrogen-bond acceptors (Lipinski definition) is 4. The third-order valence-corrected chi connectivity index (χ3v) is 4.88. The Hall–Kier alpha value is -2.82. The molecule has 1 fully saturated rings. The summed E-state index contributed by atoms with van der Waals surface area (Å²) < 4.78 is 10.9. The lowest BCUT2D eigenvalue weighted by molar-refractivity contribution is -0.188. The molecule has 0 bridgehead atoms.